The zero-order chi connectivity index (χ0) is 18.0. The van der Waals surface area contributed by atoms with Gasteiger partial charge in [-0.05, 0) is 19.4 Å². The topological polar surface area (TPSA) is 74.3 Å². The summed E-state index contributed by atoms with van der Waals surface area (Å²) in [5.41, 5.74) is -0.505. The van der Waals surface area contributed by atoms with Gasteiger partial charge in [0.1, 0.15) is 12.6 Å². The second kappa shape index (κ2) is 6.78. The Balaban J connectivity index is 2.26. The van der Waals surface area contributed by atoms with Gasteiger partial charge < -0.3 is 18.9 Å². The summed E-state index contributed by atoms with van der Waals surface area (Å²) in [6, 6.07) is 8.39. The van der Waals surface area contributed by atoms with Crippen molar-refractivity contribution >= 4 is 12.1 Å². The summed E-state index contributed by atoms with van der Waals surface area (Å²) >= 11 is 0. The number of methoxy groups -OCH3 is 2. The predicted octanol–water partition coefficient (Wildman–Crippen LogP) is 2.30. The van der Waals surface area contributed by atoms with Gasteiger partial charge >= 0.3 is 12.1 Å². The molecule has 132 valence electrons. The summed E-state index contributed by atoms with van der Waals surface area (Å²) in [5, 5.41) is 0. The fraction of sp³-hybridized carbons (Fsp3) is 0.529. The van der Waals surface area contributed by atoms with Gasteiger partial charge in [0.2, 0.25) is 5.72 Å². The first-order valence-corrected chi connectivity index (χ1v) is 7.62. The fourth-order valence-corrected chi connectivity index (χ4v) is 2.70. The van der Waals surface area contributed by atoms with E-state index in [1.165, 1.54) is 26.0 Å². The van der Waals surface area contributed by atoms with Gasteiger partial charge in [0.25, 0.3) is 5.79 Å². The molecule has 1 saturated heterocycles. The third-order valence-electron chi connectivity index (χ3n) is 4.51. The van der Waals surface area contributed by atoms with Crippen LogP contribution in [-0.2, 0) is 30.3 Å². The number of rotatable bonds is 4. The molecule has 2 rings (SSSR count). The molecule has 1 fully saturated rings. The number of morpholine rings is 1. The Labute approximate surface area is 141 Å². The maximum Gasteiger partial charge on any atom is 0.413 e. The van der Waals surface area contributed by atoms with E-state index in [1.807, 2.05) is 30.3 Å². The summed E-state index contributed by atoms with van der Waals surface area (Å²) in [5.74, 6) is -2.05. The van der Waals surface area contributed by atoms with Crippen LogP contribution in [0.3, 0.4) is 0 Å². The summed E-state index contributed by atoms with van der Waals surface area (Å²) in [6.45, 7) is 4.79. The zero-order valence-electron chi connectivity index (χ0n) is 14.6. The van der Waals surface area contributed by atoms with Gasteiger partial charge in [-0.15, -0.1) is 0 Å². The maximum atomic E-state index is 12.7. The van der Waals surface area contributed by atoms with Crippen LogP contribution in [0.1, 0.15) is 26.3 Å². The highest BCUT2D eigenvalue weighted by Gasteiger charge is 2.62. The quantitative estimate of drug-likeness (QED) is 0.785. The second-order valence-corrected chi connectivity index (χ2v) is 5.84. The van der Waals surface area contributed by atoms with Gasteiger partial charge in [-0.1, -0.05) is 30.3 Å². The Morgan fingerprint density at radius 3 is 2.38 bits per heavy atom. The van der Waals surface area contributed by atoms with Gasteiger partial charge in [-0.2, -0.15) is 0 Å². The number of benzene rings is 1. The molecule has 3 atom stereocenters. The van der Waals surface area contributed by atoms with E-state index in [0.717, 1.165) is 5.56 Å². The first-order chi connectivity index (χ1) is 11.3. The minimum Gasteiger partial charge on any atom is -0.444 e. The van der Waals surface area contributed by atoms with Crippen molar-refractivity contribution in [2.45, 2.75) is 44.9 Å². The normalized spacial score (nSPS) is 30.0. The van der Waals surface area contributed by atoms with Crippen LogP contribution in [0.25, 0.3) is 0 Å². The number of amides is 1. The zero-order valence-corrected chi connectivity index (χ0v) is 14.6. The van der Waals surface area contributed by atoms with Crippen LogP contribution in [0.2, 0.25) is 0 Å². The molecule has 0 radical (unpaired) electrons. The average Bonchev–Trinajstić information content (AvgIpc) is 2.59. The molecule has 1 amide bonds. The molecule has 0 saturated carbocycles. The van der Waals surface area contributed by atoms with Crippen molar-refractivity contribution in [3.05, 3.63) is 35.9 Å². The summed E-state index contributed by atoms with van der Waals surface area (Å²) in [7, 11) is 2.80. The van der Waals surface area contributed by atoms with Gasteiger partial charge in [0.05, 0.1) is 0 Å². The SMILES string of the molecule is CO[C@@]1(C)OC(=O)[C@@H](C)N(C(=O)OCc2ccccc2)[C@]1(C)OC. The predicted molar refractivity (Wildman–Crippen MR) is 84.8 cm³/mol. The molecule has 1 aliphatic heterocycles. The Morgan fingerprint density at radius 2 is 1.83 bits per heavy atom. The van der Waals surface area contributed by atoms with E-state index in [4.69, 9.17) is 18.9 Å². The molecular formula is C17H23NO6. The molecule has 1 aromatic rings. The highest BCUT2D eigenvalue weighted by atomic mass is 16.7. The molecule has 0 unspecified atom stereocenters. The average molecular weight is 337 g/mol. The second-order valence-electron chi connectivity index (χ2n) is 5.84. The molecule has 0 spiro atoms. The molecule has 1 aliphatic rings. The van der Waals surface area contributed by atoms with E-state index in [0.29, 0.717) is 0 Å². The van der Waals surface area contributed by atoms with Gasteiger partial charge in [-0.3, -0.25) is 4.90 Å². The summed E-state index contributed by atoms with van der Waals surface area (Å²) in [6.07, 6.45) is -0.685. The molecular weight excluding hydrogens is 314 g/mol. The lowest BCUT2D eigenvalue weighted by atomic mass is 9.99. The molecule has 7 nitrogen and oxygen atoms in total. The van der Waals surface area contributed by atoms with Crippen LogP contribution in [-0.4, -0.2) is 48.7 Å². The van der Waals surface area contributed by atoms with Crippen LogP contribution in [0.15, 0.2) is 30.3 Å². The summed E-state index contributed by atoms with van der Waals surface area (Å²) < 4.78 is 21.6. The van der Waals surface area contributed by atoms with Crippen LogP contribution in [0.4, 0.5) is 4.79 Å². The molecule has 1 heterocycles. The van der Waals surface area contributed by atoms with Crippen molar-refractivity contribution in [2.24, 2.45) is 0 Å². The summed E-state index contributed by atoms with van der Waals surface area (Å²) in [4.78, 5) is 26.0. The molecule has 7 heteroatoms. The number of hydrogen-bond acceptors (Lipinski definition) is 6. The number of ether oxygens (including phenoxy) is 4. The van der Waals surface area contributed by atoms with Crippen LogP contribution in [0, 0.1) is 0 Å². The van der Waals surface area contributed by atoms with E-state index in [1.54, 1.807) is 13.8 Å². The Bertz CT molecular complexity index is 606. The monoisotopic (exact) mass is 337 g/mol. The van der Waals surface area contributed by atoms with Crippen molar-refractivity contribution in [3.8, 4) is 0 Å². The molecule has 24 heavy (non-hydrogen) atoms. The van der Waals surface area contributed by atoms with Crippen molar-refractivity contribution in [3.63, 3.8) is 0 Å². The Kier molecular flexibility index (Phi) is 5.15. The number of cyclic esters (lactones) is 1. The molecule has 0 bridgehead atoms. The molecule has 0 aliphatic carbocycles. The van der Waals surface area contributed by atoms with E-state index in [9.17, 15) is 9.59 Å². The number of carbonyl (C=O) groups is 2. The minimum atomic E-state index is -1.46. The van der Waals surface area contributed by atoms with Crippen molar-refractivity contribution in [2.75, 3.05) is 14.2 Å². The van der Waals surface area contributed by atoms with E-state index < -0.39 is 29.6 Å². The van der Waals surface area contributed by atoms with Crippen molar-refractivity contribution in [1.82, 2.24) is 4.90 Å². The van der Waals surface area contributed by atoms with Crippen molar-refractivity contribution < 1.29 is 28.5 Å². The fourth-order valence-electron chi connectivity index (χ4n) is 2.70. The standard InChI is InChI=1S/C17H23NO6/c1-12-14(19)24-17(3,22-5)16(2,21-4)18(12)15(20)23-11-13-9-7-6-8-10-13/h6-10,12H,11H2,1-5H3/t12-,16-,17+/m1/s1. The third kappa shape index (κ3) is 2.97. The van der Waals surface area contributed by atoms with Gasteiger partial charge in [0.15, 0.2) is 0 Å². The minimum absolute atomic E-state index is 0.0848. The van der Waals surface area contributed by atoms with E-state index >= 15 is 0 Å². The highest BCUT2D eigenvalue weighted by Crippen LogP contribution is 2.39. The number of carbonyl (C=O) groups excluding carboxylic acids is 2. The molecule has 0 N–H and O–H groups in total. The van der Waals surface area contributed by atoms with Gasteiger partial charge in [-0.25, -0.2) is 9.59 Å². The molecule has 0 aromatic heterocycles. The lowest BCUT2D eigenvalue weighted by Crippen LogP contribution is -2.73. The number of hydrogen-bond donors (Lipinski definition) is 0. The van der Waals surface area contributed by atoms with Gasteiger partial charge in [0, 0.05) is 21.1 Å². The third-order valence-corrected chi connectivity index (χ3v) is 4.51. The first-order valence-electron chi connectivity index (χ1n) is 7.62. The Morgan fingerprint density at radius 1 is 1.21 bits per heavy atom. The first kappa shape index (κ1) is 18.2. The number of esters is 1. The van der Waals surface area contributed by atoms with E-state index in [2.05, 4.69) is 0 Å². The highest BCUT2D eigenvalue weighted by molar-refractivity contribution is 5.83. The lowest BCUT2D eigenvalue weighted by Gasteiger charge is -2.53. The van der Waals surface area contributed by atoms with Crippen LogP contribution >= 0.6 is 0 Å². The lowest BCUT2D eigenvalue weighted by molar-refractivity contribution is -0.349. The molecule has 1 aromatic carbocycles. The maximum absolute atomic E-state index is 12.7. The number of nitrogens with zero attached hydrogens (tertiary/aromatic N) is 1. The van der Waals surface area contributed by atoms with E-state index in [-0.39, 0.29) is 6.61 Å². The van der Waals surface area contributed by atoms with Crippen LogP contribution < -0.4 is 0 Å². The largest absolute Gasteiger partial charge is 0.444 e. The smallest absolute Gasteiger partial charge is 0.413 e. The Hall–Kier alpha value is -2.12. The van der Waals surface area contributed by atoms with Crippen LogP contribution in [0.5, 0.6) is 0 Å². The van der Waals surface area contributed by atoms with Crippen molar-refractivity contribution in [1.29, 1.82) is 0 Å².